The van der Waals surface area contributed by atoms with Gasteiger partial charge in [-0.2, -0.15) is 0 Å². The smallest absolute Gasteiger partial charge is 0.481 e. The zero-order valence-corrected chi connectivity index (χ0v) is 61.4. The van der Waals surface area contributed by atoms with Gasteiger partial charge in [0.2, 0.25) is 5.91 Å². The van der Waals surface area contributed by atoms with Crippen molar-refractivity contribution < 1.29 is 128 Å². The number of halogens is 1. The van der Waals surface area contributed by atoms with E-state index < -0.39 is 29.5 Å². The fourth-order valence-corrected chi connectivity index (χ4v) is 9.03. The summed E-state index contributed by atoms with van der Waals surface area (Å²) in [6.45, 7) is 13.7. The number of carbonyl (C=O) groups is 5. The fourth-order valence-electron chi connectivity index (χ4n) is 9.03. The molecule has 25 nitrogen and oxygen atoms in total. The molecule has 11 N–H and O–H groups in total. The van der Waals surface area contributed by atoms with Crippen molar-refractivity contribution in [1.29, 1.82) is 0 Å². The molecule has 99 heavy (non-hydrogen) atoms. The van der Waals surface area contributed by atoms with Gasteiger partial charge in [0, 0.05) is 74.5 Å². The summed E-state index contributed by atoms with van der Waals surface area (Å²) in [4.78, 5) is 54.4. The molecule has 2 aliphatic rings. The van der Waals surface area contributed by atoms with Gasteiger partial charge in [0.25, 0.3) is 0 Å². The molecule has 0 saturated heterocycles. The number of alkyl halides is 1. The first-order valence-corrected chi connectivity index (χ1v) is 34.0. The molecule has 0 atom stereocenters. The van der Waals surface area contributed by atoms with Crippen LogP contribution in [0.3, 0.4) is 0 Å². The number of nitrogens with two attached hydrogens (primary N) is 1. The topological polar surface area (TPSA) is 399 Å². The number of nitrogens with one attached hydrogen (secondary N) is 1. The van der Waals surface area contributed by atoms with Crippen molar-refractivity contribution in [2.75, 3.05) is 124 Å². The van der Waals surface area contributed by atoms with Crippen LogP contribution in [0.15, 0.2) is 133 Å². The maximum atomic E-state index is 12.2. The van der Waals surface area contributed by atoms with E-state index in [4.69, 9.17) is 75.4 Å². The number of aliphatic carboxylic acids is 4. The van der Waals surface area contributed by atoms with Gasteiger partial charge in [-0.25, -0.2) is 14.4 Å². The SMILES string of the molecule is CCCOCCO.NCCCCCOCC(=O)O.O=C(O)CBr.O=C(O)COCCCCCNC(=O)CCC1c2ccccc2-c2ccccc21.OC1(c2ccccc2)c2ccccc2Oc2ccccc21.OCCOCCO.[CH2-]COCCC.[N-]=[N+]=NCCCCCOCC(=O)O.[Na+]. The summed E-state index contributed by atoms with van der Waals surface area (Å²) in [5.74, 6) is -1.87. The number of carboxylic acid groups (broad SMARTS) is 4. The van der Waals surface area contributed by atoms with E-state index in [1.54, 1.807) is 0 Å². The Morgan fingerprint density at radius 1 is 0.566 bits per heavy atom. The number of rotatable bonds is 39. The Hall–Kier alpha value is -6.40. The summed E-state index contributed by atoms with van der Waals surface area (Å²) in [5.41, 5.74) is 19.6. The predicted molar refractivity (Wildman–Crippen MR) is 379 cm³/mol. The van der Waals surface area contributed by atoms with Gasteiger partial charge < -0.3 is 92.0 Å². The van der Waals surface area contributed by atoms with Crippen LogP contribution in [-0.2, 0) is 58.0 Å². The third-order valence-electron chi connectivity index (χ3n) is 13.3. The molecule has 546 valence electrons. The first-order chi connectivity index (χ1) is 47.5. The molecule has 0 radical (unpaired) electrons. The van der Waals surface area contributed by atoms with Crippen molar-refractivity contribution in [2.45, 2.75) is 109 Å². The number of aliphatic hydroxyl groups is 4. The van der Waals surface area contributed by atoms with E-state index in [0.29, 0.717) is 83.8 Å². The van der Waals surface area contributed by atoms with E-state index in [-0.39, 0.29) is 86.4 Å². The molecule has 5 aromatic rings. The second kappa shape index (κ2) is 64.9. The minimum atomic E-state index is -1.19. The Morgan fingerprint density at radius 2 is 0.980 bits per heavy atom. The Bertz CT molecular complexity index is 2800. The van der Waals surface area contributed by atoms with Crippen LogP contribution in [0.4, 0.5) is 0 Å². The molecule has 1 aliphatic carbocycles. The molecule has 1 heterocycles. The van der Waals surface area contributed by atoms with Crippen LogP contribution in [0.5, 0.6) is 11.5 Å². The number of nitrogens with zero attached hydrogens (tertiary/aromatic N) is 3. The van der Waals surface area contributed by atoms with Crippen LogP contribution in [0.25, 0.3) is 21.6 Å². The van der Waals surface area contributed by atoms with E-state index >= 15 is 0 Å². The van der Waals surface area contributed by atoms with E-state index in [9.17, 15) is 29.1 Å². The molecule has 0 aromatic heterocycles. The first kappa shape index (κ1) is 94.7. The van der Waals surface area contributed by atoms with E-state index in [2.05, 4.69) is 98.4 Å². The number of fused-ring (bicyclic) bond motifs is 5. The first-order valence-electron chi connectivity index (χ1n) is 32.8. The minimum absolute atomic E-state index is 0. The van der Waals surface area contributed by atoms with Crippen LogP contribution < -0.4 is 45.3 Å². The number of benzene rings is 5. The summed E-state index contributed by atoms with van der Waals surface area (Å²) in [5, 5.41) is 74.8. The molecular weight excluding hydrogens is 1360 g/mol. The Balaban J connectivity index is 0. The normalized spacial score (nSPS) is 11.2. The summed E-state index contributed by atoms with van der Waals surface area (Å²) >= 11 is 2.71. The summed E-state index contributed by atoms with van der Waals surface area (Å²) in [7, 11) is 0. The number of amides is 1. The van der Waals surface area contributed by atoms with Gasteiger partial charge in [-0.3, -0.25) is 9.59 Å². The molecule has 0 bridgehead atoms. The summed E-state index contributed by atoms with van der Waals surface area (Å²) in [6, 6.07) is 41.9. The van der Waals surface area contributed by atoms with Crippen LogP contribution >= 0.6 is 15.9 Å². The van der Waals surface area contributed by atoms with E-state index in [1.807, 2.05) is 85.8 Å². The van der Waals surface area contributed by atoms with Gasteiger partial charge in [0.05, 0.1) is 39.6 Å². The van der Waals surface area contributed by atoms with Crippen LogP contribution in [0.2, 0.25) is 0 Å². The van der Waals surface area contributed by atoms with Gasteiger partial charge in [0.15, 0.2) is 0 Å². The third kappa shape index (κ3) is 45.9. The summed E-state index contributed by atoms with van der Waals surface area (Å²) in [6.07, 6.45) is 11.4. The molecule has 1 aliphatic heterocycles. The number of hydrogen-bond donors (Lipinski definition) is 10. The Morgan fingerprint density at radius 3 is 1.39 bits per heavy atom. The molecule has 0 fully saturated rings. The average molecular weight is 1460 g/mol. The van der Waals surface area contributed by atoms with E-state index in [1.165, 1.54) is 22.3 Å². The van der Waals surface area contributed by atoms with Crippen molar-refractivity contribution in [3.8, 4) is 22.6 Å². The molecule has 0 spiro atoms. The van der Waals surface area contributed by atoms with Crippen LogP contribution in [0, 0.1) is 6.92 Å². The zero-order valence-electron chi connectivity index (χ0n) is 57.8. The molecule has 5 aromatic carbocycles. The predicted octanol–water partition coefficient (Wildman–Crippen LogP) is 7.94. The fraction of sp³-hybridized carbons (Fsp3) is 0.500. The number of azide groups is 1. The molecule has 0 unspecified atom stereocenters. The minimum Gasteiger partial charge on any atom is -0.481 e. The second-order valence-corrected chi connectivity index (χ2v) is 21.6. The van der Waals surface area contributed by atoms with Crippen molar-refractivity contribution in [3.63, 3.8) is 0 Å². The van der Waals surface area contributed by atoms with Crippen molar-refractivity contribution >= 4 is 45.7 Å². The molecule has 27 heteroatoms. The summed E-state index contributed by atoms with van der Waals surface area (Å²) < 4.78 is 34.9. The Labute approximate surface area is 613 Å². The molecular formula is C72H105BrN5NaO20. The second-order valence-electron chi connectivity index (χ2n) is 21.1. The molecule has 0 saturated carbocycles. The van der Waals surface area contributed by atoms with Gasteiger partial charge in [-0.05, 0) is 123 Å². The van der Waals surface area contributed by atoms with Gasteiger partial charge in [-0.15, -0.1) is 0 Å². The van der Waals surface area contributed by atoms with Crippen molar-refractivity contribution in [3.05, 3.63) is 173 Å². The molecule has 7 rings (SSSR count). The van der Waals surface area contributed by atoms with Gasteiger partial charge in [0.1, 0.15) is 42.3 Å². The largest absolute Gasteiger partial charge is 1.00 e. The number of hydrogen-bond acceptors (Lipinski definition) is 18. The standard InChI is InChI=1S/C23H27NO4.C19H14O2.C7H13N3O3.C7H15NO3.C5H12O2.C5H11O.C4H10O3.C2H3BrO2.Na/c25-22(24-14-6-1-7-15-28-16-23(26)27)13-12-21-19-10-4-2-8-17(19)18-9-3-5-11-20(18)21;20-19(14-8-2-1-3-9-14)15-10-4-6-12-17(15)21-18-13-7-5-11-16(18)19;8-10-9-4-2-1-3-5-13-6-7(11)12;8-4-2-1-3-5-11-6-7(9)10;1-2-4-7-5-3-6;1-3-5-6-4-2;5-1-3-7-4-2-6;3-1-2(4)5;/h2-5,8-11,21H,1,6-7,12-16H2,(H,24,25)(H,26,27);1-13,20H;1-6H2,(H,11,12);1-6,8H2,(H,9,10);6H,2-5H2,1H3;2-5H2,1H3;5-6H,1-4H2;1H2,(H,4,5);/q;;;;;-1;;;+1. The van der Waals surface area contributed by atoms with Crippen LogP contribution in [0.1, 0.15) is 131 Å². The number of carbonyl (C=O) groups excluding carboxylic acids is 1. The van der Waals surface area contributed by atoms with Crippen molar-refractivity contribution in [2.24, 2.45) is 10.8 Å². The maximum absolute atomic E-state index is 12.2. The number of ether oxygens (including phenoxy) is 7. The van der Waals surface area contributed by atoms with E-state index in [0.717, 1.165) is 107 Å². The molecule has 1 amide bonds. The number of carboxylic acids is 4. The monoisotopic (exact) mass is 1460 g/mol. The Kier molecular flexibility index (Phi) is 62.1. The number of para-hydroxylation sites is 2. The third-order valence-corrected chi connectivity index (χ3v) is 13.8. The number of unbranched alkanes of at least 4 members (excludes halogenated alkanes) is 6. The van der Waals surface area contributed by atoms with Gasteiger partial charge in [-0.1, -0.05) is 163 Å². The van der Waals surface area contributed by atoms with Crippen LogP contribution in [-0.4, -0.2) is 195 Å². The van der Waals surface area contributed by atoms with Gasteiger partial charge >= 0.3 is 53.4 Å². The zero-order chi connectivity index (χ0) is 72.7. The maximum Gasteiger partial charge on any atom is 1.00 e. The van der Waals surface area contributed by atoms with Crippen molar-refractivity contribution in [1.82, 2.24) is 5.32 Å². The number of aliphatic hydroxyl groups excluding tert-OH is 3. The quantitative estimate of drug-likeness (QED) is 0.00339. The average Bonchev–Trinajstić information content (AvgIpc) is 1.30.